The van der Waals surface area contributed by atoms with E-state index in [4.69, 9.17) is 15.9 Å². The fraction of sp³-hybridized carbons (Fsp3) is 0.450. The van der Waals surface area contributed by atoms with Gasteiger partial charge in [-0.2, -0.15) is 0 Å². The first kappa shape index (κ1) is 26.5. The van der Waals surface area contributed by atoms with E-state index in [9.17, 15) is 29.1 Å². The molecule has 0 aliphatic rings. The number of carbonyl (C=O) groups excluding carboxylic acids is 3. The molecule has 12 nitrogen and oxygen atoms in total. The number of hydrogen-bond acceptors (Lipinski definition) is 7. The van der Waals surface area contributed by atoms with Crippen LogP contribution in [0.25, 0.3) is 0 Å². The molecule has 0 radical (unpaired) electrons. The minimum Gasteiger partial charge on any atom is -0.481 e. The molecule has 8 N–H and O–H groups in total. The van der Waals surface area contributed by atoms with Gasteiger partial charge in [0.1, 0.15) is 18.1 Å². The number of carbonyl (C=O) groups is 5. The lowest BCUT2D eigenvalue weighted by Gasteiger charge is -2.25. The number of rotatable bonds is 12. The molecule has 1 aromatic carbocycles. The van der Waals surface area contributed by atoms with Crippen LogP contribution in [0.2, 0.25) is 0 Å². The summed E-state index contributed by atoms with van der Waals surface area (Å²) in [4.78, 5) is 58.9. The molecule has 12 heteroatoms. The number of nitrogens with two attached hydrogens (primary N) is 1. The fourth-order valence-corrected chi connectivity index (χ4v) is 2.67. The van der Waals surface area contributed by atoms with E-state index in [1.807, 2.05) is 11.4 Å². The fourth-order valence-electron chi connectivity index (χ4n) is 2.67. The van der Waals surface area contributed by atoms with Crippen molar-refractivity contribution in [1.29, 1.82) is 0 Å². The Bertz CT molecular complexity index is 830. The average Bonchev–Trinajstić information content (AvgIpc) is 2.71. The van der Waals surface area contributed by atoms with E-state index in [-0.39, 0.29) is 6.42 Å². The van der Waals surface area contributed by atoms with Gasteiger partial charge in [0.2, 0.25) is 17.7 Å². The summed E-state index contributed by atoms with van der Waals surface area (Å²) < 4.78 is 0. The highest BCUT2D eigenvalue weighted by molar-refractivity contribution is 5.94. The van der Waals surface area contributed by atoms with Crippen molar-refractivity contribution in [2.24, 2.45) is 5.73 Å². The van der Waals surface area contributed by atoms with Crippen LogP contribution in [0.15, 0.2) is 30.3 Å². The first-order chi connectivity index (χ1) is 14.9. The summed E-state index contributed by atoms with van der Waals surface area (Å²) >= 11 is 0. The van der Waals surface area contributed by atoms with Gasteiger partial charge in [-0.15, -0.1) is 0 Å². The van der Waals surface area contributed by atoms with Crippen LogP contribution in [-0.2, 0) is 30.4 Å². The molecule has 0 bridgehead atoms. The number of benzene rings is 1. The average molecular weight is 452 g/mol. The van der Waals surface area contributed by atoms with Crippen LogP contribution in [0.1, 0.15) is 25.8 Å². The highest BCUT2D eigenvalue weighted by atomic mass is 16.4. The van der Waals surface area contributed by atoms with Gasteiger partial charge in [-0.1, -0.05) is 30.3 Å². The molecular formula is C20H28N4O8. The van der Waals surface area contributed by atoms with Crippen LogP contribution >= 0.6 is 0 Å². The van der Waals surface area contributed by atoms with Crippen molar-refractivity contribution in [2.45, 2.75) is 57.0 Å². The zero-order valence-electron chi connectivity index (χ0n) is 17.6. The molecule has 176 valence electrons. The maximum absolute atomic E-state index is 12.4. The molecule has 0 aliphatic carbocycles. The van der Waals surface area contributed by atoms with Gasteiger partial charge in [-0.3, -0.25) is 19.2 Å². The molecule has 1 aromatic rings. The number of aliphatic hydroxyl groups is 1. The summed E-state index contributed by atoms with van der Waals surface area (Å²) in [7, 11) is 0. The smallest absolute Gasteiger partial charge is 0.326 e. The Hall–Kier alpha value is -3.51. The minimum absolute atomic E-state index is 0.236. The number of aliphatic hydroxyl groups excluding tert-OH is 1. The summed E-state index contributed by atoms with van der Waals surface area (Å²) in [6.07, 6.45) is -2.10. The summed E-state index contributed by atoms with van der Waals surface area (Å²) in [5, 5.41) is 34.2. The lowest BCUT2D eigenvalue weighted by atomic mass is 10.1. The second-order valence-corrected chi connectivity index (χ2v) is 7.25. The van der Waals surface area contributed by atoms with Crippen LogP contribution in [-0.4, -0.2) is 75.3 Å². The lowest BCUT2D eigenvalue weighted by molar-refractivity contribution is -0.147. The van der Waals surface area contributed by atoms with Crippen LogP contribution in [0, 0.1) is 0 Å². The summed E-state index contributed by atoms with van der Waals surface area (Å²) in [5.74, 6) is -5.59. The Morgan fingerprint density at radius 3 is 2.00 bits per heavy atom. The molecule has 0 spiro atoms. The largest absolute Gasteiger partial charge is 0.481 e. The van der Waals surface area contributed by atoms with Gasteiger partial charge in [-0.25, -0.2) is 4.79 Å². The molecule has 0 fully saturated rings. The highest BCUT2D eigenvalue weighted by Crippen LogP contribution is 2.03. The van der Waals surface area contributed by atoms with E-state index >= 15 is 0 Å². The van der Waals surface area contributed by atoms with Gasteiger partial charge in [-0.05, 0) is 25.8 Å². The van der Waals surface area contributed by atoms with Gasteiger partial charge < -0.3 is 37.0 Å². The van der Waals surface area contributed by atoms with Crippen molar-refractivity contribution in [1.82, 2.24) is 16.0 Å². The molecule has 0 saturated carbocycles. The second-order valence-electron chi connectivity index (χ2n) is 7.25. The summed E-state index contributed by atoms with van der Waals surface area (Å²) in [6.45, 7) is 2.51. The van der Waals surface area contributed by atoms with Gasteiger partial charge in [0.25, 0.3) is 0 Å². The van der Waals surface area contributed by atoms with Crippen LogP contribution in [0.5, 0.6) is 0 Å². The highest BCUT2D eigenvalue weighted by Gasteiger charge is 2.32. The first-order valence-electron chi connectivity index (χ1n) is 9.75. The second kappa shape index (κ2) is 12.4. The third kappa shape index (κ3) is 8.70. The minimum atomic E-state index is -1.76. The van der Waals surface area contributed by atoms with E-state index in [1.165, 1.54) is 13.8 Å². The molecule has 1 rings (SSSR count). The van der Waals surface area contributed by atoms with E-state index in [2.05, 4.69) is 10.6 Å². The van der Waals surface area contributed by atoms with Crippen LogP contribution in [0.3, 0.4) is 0 Å². The predicted molar refractivity (Wildman–Crippen MR) is 111 cm³/mol. The molecule has 5 atom stereocenters. The van der Waals surface area contributed by atoms with E-state index in [0.29, 0.717) is 0 Å². The molecule has 5 unspecified atom stereocenters. The van der Waals surface area contributed by atoms with Gasteiger partial charge in [0, 0.05) is 0 Å². The standard InChI is InChI=1S/C20H28N4O8/c1-10(22-18(29)13(21)8-12-6-4-3-5-7-12)17(28)24-16(11(2)25)19(30)23-14(20(31)32)9-15(26)27/h3-7,10-11,13-14,16,25H,8-9,21H2,1-2H3,(H,22,29)(H,23,30)(H,24,28)(H,26,27)(H,31,32). The number of hydrogen-bond donors (Lipinski definition) is 7. The van der Waals surface area contributed by atoms with Gasteiger partial charge in [0.15, 0.2) is 0 Å². The summed E-state index contributed by atoms with van der Waals surface area (Å²) in [6, 6.07) is 3.58. The van der Waals surface area contributed by atoms with Crippen molar-refractivity contribution in [3.63, 3.8) is 0 Å². The number of amides is 3. The topological polar surface area (TPSA) is 208 Å². The monoisotopic (exact) mass is 452 g/mol. The maximum Gasteiger partial charge on any atom is 0.326 e. The zero-order valence-corrected chi connectivity index (χ0v) is 17.6. The quantitative estimate of drug-likeness (QED) is 0.186. The van der Waals surface area contributed by atoms with Crippen molar-refractivity contribution in [3.05, 3.63) is 35.9 Å². The van der Waals surface area contributed by atoms with Crippen LogP contribution < -0.4 is 21.7 Å². The number of aliphatic carboxylic acids is 2. The Kier molecular flexibility index (Phi) is 10.3. The van der Waals surface area contributed by atoms with Crippen LogP contribution in [0.4, 0.5) is 0 Å². The van der Waals surface area contributed by atoms with Crippen molar-refractivity contribution in [3.8, 4) is 0 Å². The van der Waals surface area contributed by atoms with E-state index in [1.54, 1.807) is 24.3 Å². The molecule has 0 aliphatic heterocycles. The third-order valence-electron chi connectivity index (χ3n) is 4.44. The SMILES string of the molecule is CC(NC(=O)C(N)Cc1ccccc1)C(=O)NC(C(=O)NC(CC(=O)O)C(=O)O)C(C)O. The van der Waals surface area contributed by atoms with E-state index < -0.39 is 66.4 Å². The summed E-state index contributed by atoms with van der Waals surface area (Å²) in [5.41, 5.74) is 6.69. The Labute approximate surface area is 184 Å². The molecule has 32 heavy (non-hydrogen) atoms. The van der Waals surface area contributed by atoms with Crippen molar-refractivity contribution in [2.75, 3.05) is 0 Å². The molecule has 0 saturated heterocycles. The number of carboxylic acids is 2. The maximum atomic E-state index is 12.4. The Morgan fingerprint density at radius 1 is 0.906 bits per heavy atom. The van der Waals surface area contributed by atoms with Crippen molar-refractivity contribution < 1.29 is 39.3 Å². The van der Waals surface area contributed by atoms with E-state index in [0.717, 1.165) is 5.56 Å². The molecular weight excluding hydrogens is 424 g/mol. The molecule has 3 amide bonds. The van der Waals surface area contributed by atoms with Gasteiger partial charge in [0.05, 0.1) is 18.6 Å². The Morgan fingerprint density at radius 2 is 1.50 bits per heavy atom. The number of nitrogens with one attached hydrogen (secondary N) is 3. The normalized spacial score (nSPS) is 15.4. The third-order valence-corrected chi connectivity index (χ3v) is 4.44. The van der Waals surface area contributed by atoms with Gasteiger partial charge >= 0.3 is 11.9 Å². The van der Waals surface area contributed by atoms with Crippen molar-refractivity contribution >= 4 is 29.7 Å². The Balaban J connectivity index is 2.71. The zero-order chi connectivity index (χ0) is 24.4. The molecule has 0 aromatic heterocycles. The first-order valence-corrected chi connectivity index (χ1v) is 9.75. The predicted octanol–water partition coefficient (Wildman–Crippen LogP) is -2.03. The molecule has 0 heterocycles. The number of carboxylic acid groups (broad SMARTS) is 2. The lowest BCUT2D eigenvalue weighted by Crippen LogP contribution is -2.59.